The number of carbonyl (C=O) groups excluding carboxylic acids is 1. The van der Waals surface area contributed by atoms with Crippen LogP contribution in [-0.4, -0.2) is 38.8 Å². The van der Waals surface area contributed by atoms with Crippen LogP contribution in [-0.2, 0) is 0 Å². The van der Waals surface area contributed by atoms with E-state index < -0.39 is 0 Å². The van der Waals surface area contributed by atoms with Crippen LogP contribution in [0.5, 0.6) is 11.6 Å². The van der Waals surface area contributed by atoms with Crippen molar-refractivity contribution in [2.45, 2.75) is 26.2 Å². The number of hydrogen-bond acceptors (Lipinski definition) is 6. The van der Waals surface area contributed by atoms with Crippen LogP contribution in [0.1, 0.15) is 40.2 Å². The Morgan fingerprint density at radius 2 is 2.00 bits per heavy atom. The first-order valence-corrected chi connectivity index (χ1v) is 8.98. The number of ether oxygens (including phenoxy) is 1. The highest BCUT2D eigenvalue weighted by molar-refractivity contribution is 5.92. The molecule has 4 rings (SSSR count). The van der Waals surface area contributed by atoms with Gasteiger partial charge in [-0.2, -0.15) is 4.98 Å². The number of amides is 1. The fourth-order valence-electron chi connectivity index (χ4n) is 3.20. The summed E-state index contributed by atoms with van der Waals surface area (Å²) < 4.78 is 23.9. The second-order valence-corrected chi connectivity index (χ2v) is 6.75. The van der Waals surface area contributed by atoms with Crippen molar-refractivity contribution in [2.75, 3.05) is 13.1 Å². The number of benzene rings is 1. The molecule has 1 aliphatic rings. The smallest absolute Gasteiger partial charge is 0.275 e. The van der Waals surface area contributed by atoms with E-state index in [0.29, 0.717) is 42.1 Å². The maximum absolute atomic E-state index is 13.1. The van der Waals surface area contributed by atoms with Crippen molar-refractivity contribution >= 4 is 5.91 Å². The number of carbonyl (C=O) groups is 1. The molecule has 1 fully saturated rings. The molecule has 1 saturated heterocycles. The fraction of sp³-hybridized carbons (Fsp3) is 0.300. The van der Waals surface area contributed by atoms with Crippen LogP contribution in [0.15, 0.2) is 41.0 Å². The molecule has 144 valence electrons. The number of rotatable bonds is 4. The lowest BCUT2D eigenvalue weighted by atomic mass is 10.1. The van der Waals surface area contributed by atoms with E-state index in [1.54, 1.807) is 30.0 Å². The van der Waals surface area contributed by atoms with Gasteiger partial charge in [-0.15, -0.1) is 0 Å². The average molecular weight is 382 g/mol. The Labute approximate surface area is 161 Å². The first-order valence-electron chi connectivity index (χ1n) is 8.98. The van der Waals surface area contributed by atoms with E-state index in [1.165, 1.54) is 18.4 Å². The van der Waals surface area contributed by atoms with Gasteiger partial charge in [-0.25, -0.2) is 14.4 Å². The molecule has 1 aromatic carbocycles. The normalized spacial score (nSPS) is 16.4. The summed E-state index contributed by atoms with van der Waals surface area (Å²) in [4.78, 5) is 27.4. The van der Waals surface area contributed by atoms with Crippen LogP contribution in [0.25, 0.3) is 0 Å². The highest BCUT2D eigenvalue weighted by Crippen LogP contribution is 2.28. The van der Waals surface area contributed by atoms with E-state index in [-0.39, 0.29) is 17.6 Å². The third kappa shape index (κ3) is 3.85. The molecule has 0 unspecified atom stereocenters. The van der Waals surface area contributed by atoms with Crippen molar-refractivity contribution in [2.24, 2.45) is 0 Å². The maximum atomic E-state index is 13.1. The van der Waals surface area contributed by atoms with Crippen molar-refractivity contribution in [1.82, 2.24) is 19.9 Å². The summed E-state index contributed by atoms with van der Waals surface area (Å²) in [6.07, 6.45) is 2.13. The summed E-state index contributed by atoms with van der Waals surface area (Å²) in [6.45, 7) is 4.66. The first-order chi connectivity index (χ1) is 13.5. The summed E-state index contributed by atoms with van der Waals surface area (Å²) in [5.74, 6) is 1.50. The molecular weight excluding hydrogens is 363 g/mol. The lowest BCUT2D eigenvalue weighted by Gasteiger charge is -2.15. The quantitative estimate of drug-likeness (QED) is 0.685. The Bertz CT molecular complexity index is 1000. The topological polar surface area (TPSA) is 81.4 Å². The Morgan fingerprint density at radius 3 is 2.71 bits per heavy atom. The Kier molecular flexibility index (Phi) is 4.77. The van der Waals surface area contributed by atoms with Gasteiger partial charge in [0.25, 0.3) is 5.91 Å². The van der Waals surface area contributed by atoms with Crippen LogP contribution in [0, 0.1) is 19.7 Å². The van der Waals surface area contributed by atoms with Gasteiger partial charge in [0.2, 0.25) is 5.88 Å². The monoisotopic (exact) mass is 382 g/mol. The first kappa shape index (κ1) is 18.1. The molecule has 0 bridgehead atoms. The summed E-state index contributed by atoms with van der Waals surface area (Å²) in [5, 5.41) is 0. The molecule has 0 aliphatic carbocycles. The SMILES string of the molecule is Cc1cc(Oc2ccc(F)cc2)nc([C@@H]2CCN(C(=O)c3coc(C)n3)C2)n1. The Hall–Kier alpha value is -3.29. The summed E-state index contributed by atoms with van der Waals surface area (Å²) in [6, 6.07) is 7.47. The minimum Gasteiger partial charge on any atom is -0.448 e. The van der Waals surface area contributed by atoms with E-state index >= 15 is 0 Å². The van der Waals surface area contributed by atoms with Gasteiger partial charge in [-0.05, 0) is 37.6 Å². The van der Waals surface area contributed by atoms with Crippen molar-refractivity contribution in [3.05, 3.63) is 65.5 Å². The molecule has 7 nitrogen and oxygen atoms in total. The predicted molar refractivity (Wildman–Crippen MR) is 97.7 cm³/mol. The summed E-state index contributed by atoms with van der Waals surface area (Å²) in [5.41, 5.74) is 1.07. The van der Waals surface area contributed by atoms with Gasteiger partial charge in [0.1, 0.15) is 23.7 Å². The van der Waals surface area contributed by atoms with Gasteiger partial charge in [0.15, 0.2) is 11.6 Å². The van der Waals surface area contributed by atoms with Crippen LogP contribution < -0.4 is 4.74 Å². The second-order valence-electron chi connectivity index (χ2n) is 6.75. The van der Waals surface area contributed by atoms with Crippen LogP contribution in [0.2, 0.25) is 0 Å². The van der Waals surface area contributed by atoms with E-state index in [9.17, 15) is 9.18 Å². The molecule has 1 atom stereocenters. The zero-order chi connectivity index (χ0) is 19.7. The van der Waals surface area contributed by atoms with Crippen molar-refractivity contribution in [1.29, 1.82) is 0 Å². The molecule has 8 heteroatoms. The van der Waals surface area contributed by atoms with Crippen molar-refractivity contribution < 1.29 is 18.3 Å². The summed E-state index contributed by atoms with van der Waals surface area (Å²) in [7, 11) is 0. The maximum Gasteiger partial charge on any atom is 0.275 e. The number of aromatic nitrogens is 3. The number of hydrogen-bond donors (Lipinski definition) is 0. The molecule has 1 amide bonds. The van der Waals surface area contributed by atoms with E-state index in [2.05, 4.69) is 15.0 Å². The van der Waals surface area contributed by atoms with Gasteiger partial charge >= 0.3 is 0 Å². The number of nitrogens with zero attached hydrogens (tertiary/aromatic N) is 4. The van der Waals surface area contributed by atoms with Crippen LogP contribution in [0.3, 0.4) is 0 Å². The molecular formula is C20H19FN4O3. The molecule has 0 spiro atoms. The number of halogens is 1. The minimum atomic E-state index is -0.329. The van der Waals surface area contributed by atoms with Gasteiger partial charge in [0, 0.05) is 37.7 Å². The zero-order valence-corrected chi connectivity index (χ0v) is 15.6. The minimum absolute atomic E-state index is 0.00687. The largest absolute Gasteiger partial charge is 0.448 e. The van der Waals surface area contributed by atoms with Crippen molar-refractivity contribution in [3.63, 3.8) is 0 Å². The molecule has 3 heterocycles. The van der Waals surface area contributed by atoms with Gasteiger partial charge in [-0.3, -0.25) is 4.79 Å². The Morgan fingerprint density at radius 1 is 1.21 bits per heavy atom. The zero-order valence-electron chi connectivity index (χ0n) is 15.6. The van der Waals surface area contributed by atoms with Gasteiger partial charge in [-0.1, -0.05) is 0 Å². The highest BCUT2D eigenvalue weighted by Gasteiger charge is 2.31. The molecule has 0 saturated carbocycles. The van der Waals surface area contributed by atoms with E-state index in [0.717, 1.165) is 12.1 Å². The molecule has 2 aromatic heterocycles. The number of likely N-dealkylation sites (tertiary alicyclic amines) is 1. The van der Waals surface area contributed by atoms with E-state index in [4.69, 9.17) is 9.15 Å². The third-order valence-corrected chi connectivity index (χ3v) is 4.56. The van der Waals surface area contributed by atoms with E-state index in [1.807, 2.05) is 6.92 Å². The molecule has 0 N–H and O–H groups in total. The second kappa shape index (κ2) is 7.38. The number of aryl methyl sites for hydroxylation is 2. The fourth-order valence-corrected chi connectivity index (χ4v) is 3.20. The van der Waals surface area contributed by atoms with Crippen LogP contribution in [0.4, 0.5) is 4.39 Å². The highest BCUT2D eigenvalue weighted by atomic mass is 19.1. The lowest BCUT2D eigenvalue weighted by Crippen LogP contribution is -2.29. The van der Waals surface area contributed by atoms with Gasteiger partial charge in [0.05, 0.1) is 0 Å². The number of oxazole rings is 1. The molecule has 0 radical (unpaired) electrons. The molecule has 1 aliphatic heterocycles. The van der Waals surface area contributed by atoms with Crippen molar-refractivity contribution in [3.8, 4) is 11.6 Å². The third-order valence-electron chi connectivity index (χ3n) is 4.56. The molecule has 3 aromatic rings. The predicted octanol–water partition coefficient (Wildman–Crippen LogP) is 3.64. The van der Waals surface area contributed by atoms with Crippen LogP contribution >= 0.6 is 0 Å². The summed E-state index contributed by atoms with van der Waals surface area (Å²) >= 11 is 0. The van der Waals surface area contributed by atoms with Gasteiger partial charge < -0.3 is 14.1 Å². The standard InChI is InChI=1S/C20H19FN4O3/c1-12-9-18(28-16-5-3-15(21)4-6-16)24-19(22-12)14-7-8-25(10-14)20(26)17-11-27-13(2)23-17/h3-6,9,11,14H,7-8,10H2,1-2H3/t14-/m1/s1. The average Bonchev–Trinajstić information content (AvgIpc) is 3.32. The Balaban J connectivity index is 1.49. The molecule has 28 heavy (non-hydrogen) atoms. The lowest BCUT2D eigenvalue weighted by molar-refractivity contribution is 0.0784.